The van der Waals surface area contributed by atoms with Crippen molar-refractivity contribution < 1.29 is 0 Å². The summed E-state index contributed by atoms with van der Waals surface area (Å²) in [6.07, 6.45) is 5.99. The third-order valence-electron chi connectivity index (χ3n) is 2.64. The maximum absolute atomic E-state index is 4.26. The van der Waals surface area contributed by atoms with Gasteiger partial charge in [0.15, 0.2) is 0 Å². The average molecular weight is 225 g/mol. The molecule has 0 aliphatic heterocycles. The van der Waals surface area contributed by atoms with Crippen LogP contribution in [-0.2, 0) is 0 Å². The first-order valence-corrected chi connectivity index (χ1v) is 5.73. The fourth-order valence-corrected chi connectivity index (χ4v) is 1.69. The van der Waals surface area contributed by atoms with E-state index in [1.807, 2.05) is 51.2 Å². The molecule has 88 valence electrons. The van der Waals surface area contributed by atoms with Crippen molar-refractivity contribution in [2.75, 3.05) is 7.05 Å². The summed E-state index contributed by atoms with van der Waals surface area (Å²) in [6, 6.07) is 10.3. The van der Waals surface area contributed by atoms with E-state index in [0.717, 1.165) is 16.9 Å². The van der Waals surface area contributed by atoms with Crippen LogP contribution in [0.4, 0.5) is 0 Å². The van der Waals surface area contributed by atoms with E-state index >= 15 is 0 Å². The van der Waals surface area contributed by atoms with Gasteiger partial charge in [-0.15, -0.1) is 0 Å². The highest BCUT2D eigenvalue weighted by atomic mass is 14.7. The lowest BCUT2D eigenvalue weighted by molar-refractivity contribution is 1.41. The molecule has 1 nitrogen and oxygen atoms in total. The van der Waals surface area contributed by atoms with Gasteiger partial charge >= 0.3 is 0 Å². The molecule has 0 heterocycles. The van der Waals surface area contributed by atoms with Crippen molar-refractivity contribution in [3.63, 3.8) is 0 Å². The van der Waals surface area contributed by atoms with Crippen molar-refractivity contribution in [3.05, 3.63) is 66.3 Å². The maximum Gasteiger partial charge on any atom is 0.0392 e. The Hall–Kier alpha value is -1.89. The first kappa shape index (κ1) is 13.2. The lowest BCUT2D eigenvalue weighted by Crippen LogP contribution is -1.98. The Morgan fingerprint density at radius 1 is 1.24 bits per heavy atom. The molecule has 0 saturated heterocycles. The van der Waals surface area contributed by atoms with Gasteiger partial charge in [0.2, 0.25) is 0 Å². The fraction of sp³-hybridized carbons (Fsp3) is 0.188. The largest absolute Gasteiger partial charge is 0.293 e. The number of hydrogen-bond acceptors (Lipinski definition) is 1. The molecule has 0 aromatic heterocycles. The molecule has 1 heteroatoms. The van der Waals surface area contributed by atoms with Crippen molar-refractivity contribution in [1.29, 1.82) is 0 Å². The number of rotatable bonds is 4. The summed E-state index contributed by atoms with van der Waals surface area (Å²) in [5.74, 6) is 0. The van der Waals surface area contributed by atoms with Gasteiger partial charge < -0.3 is 0 Å². The van der Waals surface area contributed by atoms with Crippen molar-refractivity contribution >= 4 is 11.3 Å². The van der Waals surface area contributed by atoms with Gasteiger partial charge in [0.1, 0.15) is 0 Å². The molecule has 1 aromatic rings. The van der Waals surface area contributed by atoms with E-state index in [9.17, 15) is 0 Å². The van der Waals surface area contributed by atoms with Crippen LogP contribution in [0.15, 0.2) is 65.7 Å². The maximum atomic E-state index is 4.26. The number of nitrogens with zero attached hydrogens (tertiary/aromatic N) is 1. The molecule has 1 aromatic carbocycles. The summed E-state index contributed by atoms with van der Waals surface area (Å²) in [4.78, 5) is 4.26. The Morgan fingerprint density at radius 2 is 1.88 bits per heavy atom. The molecule has 0 fully saturated rings. The van der Waals surface area contributed by atoms with Gasteiger partial charge in [0, 0.05) is 18.3 Å². The zero-order chi connectivity index (χ0) is 12.7. The summed E-state index contributed by atoms with van der Waals surface area (Å²) < 4.78 is 0. The van der Waals surface area contributed by atoms with Gasteiger partial charge in [-0.05, 0) is 25.0 Å². The summed E-state index contributed by atoms with van der Waals surface area (Å²) in [6.45, 7) is 7.93. The van der Waals surface area contributed by atoms with Crippen molar-refractivity contribution in [2.45, 2.75) is 13.8 Å². The number of hydrogen-bond donors (Lipinski definition) is 0. The molecule has 0 N–H and O–H groups in total. The molecule has 0 aliphatic rings. The van der Waals surface area contributed by atoms with Crippen LogP contribution in [0.3, 0.4) is 0 Å². The predicted molar refractivity (Wildman–Crippen MR) is 77.4 cm³/mol. The molecule has 1 rings (SSSR count). The molecule has 0 aliphatic carbocycles. The van der Waals surface area contributed by atoms with E-state index in [0.29, 0.717) is 0 Å². The van der Waals surface area contributed by atoms with Gasteiger partial charge in [-0.1, -0.05) is 55.1 Å². The second kappa shape index (κ2) is 6.64. The quantitative estimate of drug-likeness (QED) is 0.535. The monoisotopic (exact) mass is 225 g/mol. The van der Waals surface area contributed by atoms with E-state index in [1.54, 1.807) is 0 Å². The van der Waals surface area contributed by atoms with E-state index < -0.39 is 0 Å². The van der Waals surface area contributed by atoms with E-state index in [1.165, 1.54) is 5.56 Å². The SMILES string of the molecule is C=C/C(=C(/C=C\C)C(C)=NC)c1ccccc1. The molecule has 0 bridgehead atoms. The topological polar surface area (TPSA) is 12.4 Å². The molecule has 0 saturated carbocycles. The fourth-order valence-electron chi connectivity index (χ4n) is 1.69. The van der Waals surface area contributed by atoms with Gasteiger partial charge in [0.05, 0.1) is 0 Å². The Bertz CT molecular complexity index is 462. The van der Waals surface area contributed by atoms with Gasteiger partial charge in [-0.2, -0.15) is 0 Å². The highest BCUT2D eigenvalue weighted by molar-refractivity contribution is 6.08. The second-order valence-electron chi connectivity index (χ2n) is 3.71. The first-order valence-electron chi connectivity index (χ1n) is 5.73. The highest BCUT2D eigenvalue weighted by Gasteiger charge is 2.05. The highest BCUT2D eigenvalue weighted by Crippen LogP contribution is 2.21. The first-order chi connectivity index (χ1) is 8.24. The Labute approximate surface area is 104 Å². The third kappa shape index (κ3) is 3.28. The average Bonchev–Trinajstić information content (AvgIpc) is 2.39. The summed E-state index contributed by atoms with van der Waals surface area (Å²) in [5.41, 5.74) is 4.42. The predicted octanol–water partition coefficient (Wildman–Crippen LogP) is 4.29. The third-order valence-corrected chi connectivity index (χ3v) is 2.64. The molecular formula is C16H19N. The van der Waals surface area contributed by atoms with E-state index in [4.69, 9.17) is 0 Å². The molecule has 0 amide bonds. The van der Waals surface area contributed by atoms with Crippen LogP contribution in [0.25, 0.3) is 5.57 Å². The zero-order valence-electron chi connectivity index (χ0n) is 10.8. The van der Waals surface area contributed by atoms with Crippen LogP contribution in [0.5, 0.6) is 0 Å². The van der Waals surface area contributed by atoms with Crippen LogP contribution in [-0.4, -0.2) is 12.8 Å². The molecule has 17 heavy (non-hydrogen) atoms. The Balaban J connectivity index is 3.42. The smallest absolute Gasteiger partial charge is 0.0392 e. The molecule has 0 spiro atoms. The van der Waals surface area contributed by atoms with Crippen LogP contribution in [0, 0.1) is 0 Å². The van der Waals surface area contributed by atoms with Crippen molar-refractivity contribution in [1.82, 2.24) is 0 Å². The summed E-state index contributed by atoms with van der Waals surface area (Å²) in [7, 11) is 1.81. The standard InChI is InChI=1S/C16H19N/c1-5-10-16(13(3)17-4)15(6-2)14-11-8-7-9-12-14/h5-12H,2H2,1,3-4H3/b10-5-,16-15+,17-13?. The molecule has 0 atom stereocenters. The zero-order valence-corrected chi connectivity index (χ0v) is 10.8. The van der Waals surface area contributed by atoms with Gasteiger partial charge in [0.25, 0.3) is 0 Å². The molecule has 0 unspecified atom stereocenters. The second-order valence-corrected chi connectivity index (χ2v) is 3.71. The number of allylic oxidation sites excluding steroid dienone is 5. The number of benzene rings is 1. The number of aliphatic imine (C=N–C) groups is 1. The Morgan fingerprint density at radius 3 is 2.35 bits per heavy atom. The van der Waals surface area contributed by atoms with Gasteiger partial charge in [-0.25, -0.2) is 0 Å². The Kier molecular flexibility index (Phi) is 5.15. The normalized spacial score (nSPS) is 13.7. The van der Waals surface area contributed by atoms with Crippen LogP contribution >= 0.6 is 0 Å². The lowest BCUT2D eigenvalue weighted by Gasteiger charge is -2.09. The summed E-state index contributed by atoms with van der Waals surface area (Å²) >= 11 is 0. The minimum Gasteiger partial charge on any atom is -0.293 e. The van der Waals surface area contributed by atoms with Gasteiger partial charge in [-0.3, -0.25) is 4.99 Å². The van der Waals surface area contributed by atoms with E-state index in [-0.39, 0.29) is 0 Å². The minimum atomic E-state index is 1.02. The summed E-state index contributed by atoms with van der Waals surface area (Å²) in [5, 5.41) is 0. The van der Waals surface area contributed by atoms with E-state index in [2.05, 4.69) is 29.8 Å². The van der Waals surface area contributed by atoms with Crippen molar-refractivity contribution in [3.8, 4) is 0 Å². The molecule has 0 radical (unpaired) electrons. The van der Waals surface area contributed by atoms with Crippen LogP contribution in [0.2, 0.25) is 0 Å². The molecular weight excluding hydrogens is 206 g/mol. The minimum absolute atomic E-state index is 1.02. The van der Waals surface area contributed by atoms with Crippen LogP contribution in [0.1, 0.15) is 19.4 Å². The van der Waals surface area contributed by atoms with Crippen molar-refractivity contribution in [2.24, 2.45) is 4.99 Å². The lowest BCUT2D eigenvalue weighted by atomic mass is 9.97. The van der Waals surface area contributed by atoms with Crippen LogP contribution < -0.4 is 0 Å².